The van der Waals surface area contributed by atoms with Crippen LogP contribution in [0.4, 0.5) is 5.69 Å². The summed E-state index contributed by atoms with van der Waals surface area (Å²) in [4.78, 5) is 14.2. The zero-order valence-electron chi connectivity index (χ0n) is 14.3. The smallest absolute Gasteiger partial charge is 0.267 e. The molecule has 0 unspecified atom stereocenters. The molecule has 1 amide bonds. The highest BCUT2D eigenvalue weighted by atomic mass is 16.3. The highest BCUT2D eigenvalue weighted by molar-refractivity contribution is 6.07. The predicted octanol–water partition coefficient (Wildman–Crippen LogP) is 2.78. The maximum absolute atomic E-state index is 12.4. The van der Waals surface area contributed by atoms with Crippen molar-refractivity contribution in [1.29, 1.82) is 5.26 Å². The van der Waals surface area contributed by atoms with Gasteiger partial charge in [-0.25, -0.2) is 0 Å². The van der Waals surface area contributed by atoms with Crippen LogP contribution in [0.3, 0.4) is 0 Å². The molecule has 0 aliphatic heterocycles. The number of nitriles is 1. The van der Waals surface area contributed by atoms with Crippen LogP contribution in [-0.4, -0.2) is 35.6 Å². The number of aliphatic hydroxyl groups excluding tert-OH is 1. The summed E-state index contributed by atoms with van der Waals surface area (Å²) in [5, 5.41) is 21.1. The van der Waals surface area contributed by atoms with Crippen molar-refractivity contribution < 1.29 is 9.90 Å². The van der Waals surface area contributed by atoms with Crippen LogP contribution in [0.1, 0.15) is 37.8 Å². The Balaban J connectivity index is 3.07. The third-order valence-corrected chi connectivity index (χ3v) is 3.64. The molecule has 0 saturated heterocycles. The molecule has 0 heterocycles. The summed E-state index contributed by atoms with van der Waals surface area (Å²) in [5.41, 5.74) is 2.79. The molecular weight excluding hydrogens is 290 g/mol. The molecule has 1 aromatic carbocycles. The number of likely N-dealkylation sites (N-methyl/N-ethyl adjacent to an activating group) is 1. The summed E-state index contributed by atoms with van der Waals surface area (Å²) in [6, 6.07) is 7.81. The van der Waals surface area contributed by atoms with Crippen molar-refractivity contribution in [3.05, 3.63) is 41.1 Å². The van der Waals surface area contributed by atoms with Gasteiger partial charge in [-0.15, -0.1) is 0 Å². The fraction of sp³-hybridized carbons (Fsp3) is 0.444. The summed E-state index contributed by atoms with van der Waals surface area (Å²) in [6.45, 7) is 8.92. The summed E-state index contributed by atoms with van der Waals surface area (Å²) >= 11 is 0. The minimum absolute atomic E-state index is 0.0262. The van der Waals surface area contributed by atoms with Gasteiger partial charge in [0.15, 0.2) is 0 Å². The fourth-order valence-electron chi connectivity index (χ4n) is 2.29. The number of nitrogens with one attached hydrogen (secondary N) is 1. The number of anilines is 1. The number of aryl methyl sites for hydroxylation is 1. The van der Waals surface area contributed by atoms with E-state index < -0.39 is 5.91 Å². The van der Waals surface area contributed by atoms with E-state index in [2.05, 4.69) is 19.2 Å². The Bertz CT molecular complexity index is 615. The van der Waals surface area contributed by atoms with Gasteiger partial charge >= 0.3 is 0 Å². The van der Waals surface area contributed by atoms with Crippen molar-refractivity contribution in [3.63, 3.8) is 0 Å². The monoisotopic (exact) mass is 315 g/mol. The lowest BCUT2D eigenvalue weighted by Gasteiger charge is -2.18. The van der Waals surface area contributed by atoms with Gasteiger partial charge < -0.3 is 15.3 Å². The number of para-hydroxylation sites is 1. The Hall–Kier alpha value is -2.32. The largest absolute Gasteiger partial charge is 0.395 e. The van der Waals surface area contributed by atoms with Crippen molar-refractivity contribution in [2.45, 2.75) is 33.6 Å². The lowest BCUT2D eigenvalue weighted by atomic mass is 9.98. The molecule has 0 saturated carbocycles. The van der Waals surface area contributed by atoms with E-state index in [1.54, 1.807) is 4.90 Å². The van der Waals surface area contributed by atoms with Crippen molar-refractivity contribution in [2.24, 2.45) is 0 Å². The first-order valence-electron chi connectivity index (χ1n) is 7.82. The van der Waals surface area contributed by atoms with Crippen LogP contribution in [0.5, 0.6) is 0 Å². The van der Waals surface area contributed by atoms with Crippen molar-refractivity contribution in [1.82, 2.24) is 4.90 Å². The Labute approximate surface area is 138 Å². The van der Waals surface area contributed by atoms with Gasteiger partial charge in [-0.2, -0.15) is 5.26 Å². The number of amides is 1. The molecule has 124 valence electrons. The average Bonchev–Trinajstić information content (AvgIpc) is 2.52. The van der Waals surface area contributed by atoms with Crippen LogP contribution in [0.15, 0.2) is 30.0 Å². The SMILES string of the molecule is CCN(/C=C(/C#N)C(=O)Nc1c(C)cccc1C(C)C)CCO. The van der Waals surface area contributed by atoms with E-state index in [4.69, 9.17) is 5.11 Å². The van der Waals surface area contributed by atoms with Crippen molar-refractivity contribution >= 4 is 11.6 Å². The molecule has 0 bridgehead atoms. The molecule has 0 spiro atoms. The Morgan fingerprint density at radius 1 is 1.48 bits per heavy atom. The number of hydrogen-bond donors (Lipinski definition) is 2. The molecule has 0 fully saturated rings. The van der Waals surface area contributed by atoms with E-state index in [0.717, 1.165) is 16.8 Å². The summed E-state index contributed by atoms with van der Waals surface area (Å²) in [6.07, 6.45) is 1.50. The van der Waals surface area contributed by atoms with Gasteiger partial charge in [0.05, 0.1) is 6.61 Å². The second-order valence-electron chi connectivity index (χ2n) is 5.65. The van der Waals surface area contributed by atoms with E-state index >= 15 is 0 Å². The fourth-order valence-corrected chi connectivity index (χ4v) is 2.29. The number of nitrogens with zero attached hydrogens (tertiary/aromatic N) is 2. The zero-order chi connectivity index (χ0) is 17.4. The van der Waals surface area contributed by atoms with E-state index in [1.807, 2.05) is 38.1 Å². The highest BCUT2D eigenvalue weighted by Crippen LogP contribution is 2.27. The first-order valence-corrected chi connectivity index (χ1v) is 7.82. The molecule has 5 heteroatoms. The standard InChI is InChI=1S/C18H25N3O2/c1-5-21(9-10-22)12-15(11-19)18(23)20-17-14(4)7-6-8-16(17)13(2)3/h6-8,12-13,22H,5,9-10H2,1-4H3,(H,20,23)/b15-12-. The van der Waals surface area contributed by atoms with E-state index in [0.29, 0.717) is 13.1 Å². The summed E-state index contributed by atoms with van der Waals surface area (Å²) in [7, 11) is 0. The second kappa shape index (κ2) is 8.96. The van der Waals surface area contributed by atoms with Crippen LogP contribution < -0.4 is 5.32 Å². The molecule has 0 aliphatic carbocycles. The van der Waals surface area contributed by atoms with E-state index in [9.17, 15) is 10.1 Å². The third kappa shape index (κ3) is 5.11. The molecule has 0 aliphatic rings. The minimum atomic E-state index is -0.430. The number of carbonyl (C=O) groups is 1. The van der Waals surface area contributed by atoms with Gasteiger partial charge in [-0.05, 0) is 30.9 Å². The Kier molecular flexibility index (Phi) is 7.30. The van der Waals surface area contributed by atoms with Crippen LogP contribution >= 0.6 is 0 Å². The zero-order valence-corrected chi connectivity index (χ0v) is 14.3. The van der Waals surface area contributed by atoms with Crippen LogP contribution in [0.25, 0.3) is 0 Å². The van der Waals surface area contributed by atoms with Gasteiger partial charge in [-0.1, -0.05) is 32.0 Å². The molecule has 0 aromatic heterocycles. The molecule has 1 aromatic rings. The van der Waals surface area contributed by atoms with Crippen molar-refractivity contribution in [3.8, 4) is 6.07 Å². The van der Waals surface area contributed by atoms with Gasteiger partial charge in [0.25, 0.3) is 5.91 Å². The molecule has 0 atom stereocenters. The maximum atomic E-state index is 12.4. The van der Waals surface area contributed by atoms with E-state index in [1.165, 1.54) is 6.20 Å². The van der Waals surface area contributed by atoms with Gasteiger partial charge in [0, 0.05) is 25.0 Å². The van der Waals surface area contributed by atoms with Crippen LogP contribution in [0.2, 0.25) is 0 Å². The topological polar surface area (TPSA) is 76.4 Å². The number of benzene rings is 1. The molecule has 0 radical (unpaired) electrons. The van der Waals surface area contributed by atoms with Gasteiger partial charge in [0.1, 0.15) is 11.6 Å². The van der Waals surface area contributed by atoms with Crippen LogP contribution in [0, 0.1) is 18.3 Å². The molecule has 1 rings (SSSR count). The number of aliphatic hydroxyl groups is 1. The number of carbonyl (C=O) groups excluding carboxylic acids is 1. The summed E-state index contributed by atoms with van der Waals surface area (Å²) < 4.78 is 0. The lowest BCUT2D eigenvalue weighted by molar-refractivity contribution is -0.112. The number of hydrogen-bond acceptors (Lipinski definition) is 4. The Morgan fingerprint density at radius 3 is 2.70 bits per heavy atom. The molecule has 2 N–H and O–H groups in total. The number of rotatable bonds is 7. The average molecular weight is 315 g/mol. The third-order valence-electron chi connectivity index (χ3n) is 3.64. The normalized spacial score (nSPS) is 11.3. The lowest BCUT2D eigenvalue weighted by Crippen LogP contribution is -2.24. The van der Waals surface area contributed by atoms with Crippen LogP contribution in [-0.2, 0) is 4.79 Å². The highest BCUT2D eigenvalue weighted by Gasteiger charge is 2.15. The van der Waals surface area contributed by atoms with E-state index in [-0.39, 0.29) is 18.1 Å². The maximum Gasteiger partial charge on any atom is 0.267 e. The Morgan fingerprint density at radius 2 is 2.17 bits per heavy atom. The molecular formula is C18H25N3O2. The first-order chi connectivity index (χ1) is 10.9. The molecule has 5 nitrogen and oxygen atoms in total. The second-order valence-corrected chi connectivity index (χ2v) is 5.65. The van der Waals surface area contributed by atoms with Crippen molar-refractivity contribution in [2.75, 3.05) is 25.0 Å². The quantitative estimate of drug-likeness (QED) is 0.599. The van der Waals surface area contributed by atoms with Gasteiger partial charge in [0.2, 0.25) is 0 Å². The van der Waals surface area contributed by atoms with Gasteiger partial charge in [-0.3, -0.25) is 4.79 Å². The summed E-state index contributed by atoms with van der Waals surface area (Å²) in [5.74, 6) is -0.165. The first kappa shape index (κ1) is 18.7. The molecule has 23 heavy (non-hydrogen) atoms. The minimum Gasteiger partial charge on any atom is -0.395 e. The predicted molar refractivity (Wildman–Crippen MR) is 91.9 cm³/mol.